The van der Waals surface area contributed by atoms with Crippen molar-refractivity contribution in [2.75, 3.05) is 7.05 Å². The first-order valence-corrected chi connectivity index (χ1v) is 6.59. The van der Waals surface area contributed by atoms with E-state index < -0.39 is 0 Å². The average molecular weight is 273 g/mol. The molecule has 0 aliphatic carbocycles. The molecule has 0 amide bonds. The molecule has 0 bridgehead atoms. The molecule has 1 atom stereocenters. The third kappa shape index (κ3) is 2.72. The summed E-state index contributed by atoms with van der Waals surface area (Å²) < 4.78 is 2.12. The van der Waals surface area contributed by atoms with Gasteiger partial charge in [-0.3, -0.25) is 10.1 Å². The minimum absolute atomic E-state index is 0.179. The SMILES string of the molecule is CNC(C)c1cccn1Cc1cccc([N+](=O)[O-])c1C. The number of nitro groups is 1. The van der Waals surface area contributed by atoms with Crippen LogP contribution in [0.25, 0.3) is 0 Å². The Bertz CT molecular complexity index is 619. The fourth-order valence-electron chi connectivity index (χ4n) is 2.33. The zero-order valence-corrected chi connectivity index (χ0v) is 12.0. The van der Waals surface area contributed by atoms with Gasteiger partial charge >= 0.3 is 0 Å². The van der Waals surface area contributed by atoms with E-state index in [2.05, 4.69) is 22.9 Å². The number of aromatic nitrogens is 1. The molecule has 0 saturated carbocycles. The van der Waals surface area contributed by atoms with E-state index in [1.165, 1.54) is 5.69 Å². The smallest absolute Gasteiger partial charge is 0.272 e. The Labute approximate surface area is 118 Å². The lowest BCUT2D eigenvalue weighted by Crippen LogP contribution is -2.17. The minimum atomic E-state index is -0.328. The van der Waals surface area contributed by atoms with E-state index in [0.717, 1.165) is 11.1 Å². The molecule has 0 spiro atoms. The van der Waals surface area contributed by atoms with Crippen molar-refractivity contribution in [3.05, 3.63) is 63.5 Å². The summed E-state index contributed by atoms with van der Waals surface area (Å²) >= 11 is 0. The molecule has 106 valence electrons. The van der Waals surface area contributed by atoms with Gasteiger partial charge in [-0.2, -0.15) is 0 Å². The molecule has 20 heavy (non-hydrogen) atoms. The highest BCUT2D eigenvalue weighted by molar-refractivity contribution is 5.44. The first-order valence-electron chi connectivity index (χ1n) is 6.59. The maximum Gasteiger partial charge on any atom is 0.272 e. The molecule has 0 aliphatic heterocycles. The van der Waals surface area contributed by atoms with Gasteiger partial charge in [0.2, 0.25) is 0 Å². The lowest BCUT2D eigenvalue weighted by Gasteiger charge is -2.16. The topological polar surface area (TPSA) is 60.1 Å². The summed E-state index contributed by atoms with van der Waals surface area (Å²) in [6.45, 7) is 4.53. The number of hydrogen-bond donors (Lipinski definition) is 1. The Kier molecular flexibility index (Phi) is 4.20. The van der Waals surface area contributed by atoms with E-state index in [9.17, 15) is 10.1 Å². The highest BCUT2D eigenvalue weighted by Gasteiger charge is 2.15. The maximum atomic E-state index is 11.0. The van der Waals surface area contributed by atoms with Crippen LogP contribution >= 0.6 is 0 Å². The quantitative estimate of drug-likeness (QED) is 0.673. The van der Waals surface area contributed by atoms with Crippen LogP contribution in [0.1, 0.15) is 29.8 Å². The van der Waals surface area contributed by atoms with Crippen LogP contribution in [-0.4, -0.2) is 16.5 Å². The lowest BCUT2D eigenvalue weighted by molar-refractivity contribution is -0.385. The number of nitrogens with one attached hydrogen (secondary N) is 1. The predicted molar refractivity (Wildman–Crippen MR) is 78.8 cm³/mol. The van der Waals surface area contributed by atoms with Gasteiger partial charge in [-0.15, -0.1) is 0 Å². The summed E-state index contributed by atoms with van der Waals surface area (Å²) in [5.74, 6) is 0. The lowest BCUT2D eigenvalue weighted by atomic mass is 10.1. The Morgan fingerprint density at radius 3 is 2.75 bits per heavy atom. The van der Waals surface area contributed by atoms with Gasteiger partial charge in [-0.05, 0) is 38.6 Å². The molecular formula is C15H19N3O2. The molecule has 0 radical (unpaired) electrons. The van der Waals surface area contributed by atoms with E-state index >= 15 is 0 Å². The van der Waals surface area contributed by atoms with Crippen LogP contribution in [0.5, 0.6) is 0 Å². The Morgan fingerprint density at radius 1 is 1.35 bits per heavy atom. The molecule has 2 rings (SSSR count). The first kappa shape index (κ1) is 14.3. The van der Waals surface area contributed by atoms with Crippen LogP contribution in [0.3, 0.4) is 0 Å². The van der Waals surface area contributed by atoms with Crippen LogP contribution in [0, 0.1) is 17.0 Å². The van der Waals surface area contributed by atoms with Crippen LogP contribution in [-0.2, 0) is 6.54 Å². The van der Waals surface area contributed by atoms with Crippen molar-refractivity contribution in [3.8, 4) is 0 Å². The Morgan fingerprint density at radius 2 is 2.10 bits per heavy atom. The monoisotopic (exact) mass is 273 g/mol. The number of nitro benzene ring substituents is 1. The van der Waals surface area contributed by atoms with Crippen molar-refractivity contribution in [1.82, 2.24) is 9.88 Å². The zero-order valence-electron chi connectivity index (χ0n) is 12.0. The van der Waals surface area contributed by atoms with Gasteiger partial charge < -0.3 is 9.88 Å². The molecule has 0 fully saturated rings. The van der Waals surface area contributed by atoms with Crippen molar-refractivity contribution in [3.63, 3.8) is 0 Å². The fraction of sp³-hybridized carbons (Fsp3) is 0.333. The minimum Gasteiger partial charge on any atom is -0.346 e. The summed E-state index contributed by atoms with van der Waals surface area (Å²) in [6.07, 6.45) is 2.00. The summed E-state index contributed by atoms with van der Waals surface area (Å²) in [5, 5.41) is 14.2. The van der Waals surface area contributed by atoms with E-state index in [-0.39, 0.29) is 16.7 Å². The molecule has 1 N–H and O–H groups in total. The Hall–Kier alpha value is -2.14. The van der Waals surface area contributed by atoms with Crippen LogP contribution < -0.4 is 5.32 Å². The van der Waals surface area contributed by atoms with Crippen molar-refractivity contribution >= 4 is 5.69 Å². The van der Waals surface area contributed by atoms with Crippen molar-refractivity contribution < 1.29 is 4.92 Å². The van der Waals surface area contributed by atoms with Gasteiger partial charge in [0.05, 0.1) is 4.92 Å². The molecule has 1 heterocycles. The van der Waals surface area contributed by atoms with Crippen LogP contribution in [0.15, 0.2) is 36.5 Å². The number of rotatable bonds is 5. The average Bonchev–Trinajstić information content (AvgIpc) is 2.88. The standard InChI is InChI=1S/C15H19N3O2/c1-11-13(6-4-7-14(11)18(19)20)10-17-9-5-8-15(17)12(2)16-3/h4-9,12,16H,10H2,1-3H3. The molecule has 5 heteroatoms. The van der Waals surface area contributed by atoms with Gasteiger partial charge in [-0.25, -0.2) is 0 Å². The zero-order chi connectivity index (χ0) is 14.7. The summed E-state index contributed by atoms with van der Waals surface area (Å²) in [6, 6.07) is 9.53. The van der Waals surface area contributed by atoms with Gasteiger partial charge in [0.25, 0.3) is 5.69 Å². The number of hydrogen-bond acceptors (Lipinski definition) is 3. The number of benzene rings is 1. The van der Waals surface area contributed by atoms with Crippen molar-refractivity contribution in [2.45, 2.75) is 26.4 Å². The van der Waals surface area contributed by atoms with Gasteiger partial charge in [0.1, 0.15) is 0 Å². The van der Waals surface area contributed by atoms with E-state index in [1.54, 1.807) is 19.1 Å². The second-order valence-electron chi connectivity index (χ2n) is 4.89. The third-order valence-corrected chi connectivity index (χ3v) is 3.70. The normalized spacial score (nSPS) is 12.3. The molecule has 1 aromatic heterocycles. The van der Waals surface area contributed by atoms with Gasteiger partial charge in [-0.1, -0.05) is 12.1 Å². The molecule has 1 unspecified atom stereocenters. The molecule has 2 aromatic rings. The highest BCUT2D eigenvalue weighted by Crippen LogP contribution is 2.23. The summed E-state index contributed by atoms with van der Waals surface area (Å²) in [7, 11) is 1.92. The molecule has 1 aromatic carbocycles. The molecular weight excluding hydrogens is 254 g/mol. The van der Waals surface area contributed by atoms with Crippen molar-refractivity contribution in [2.24, 2.45) is 0 Å². The van der Waals surface area contributed by atoms with Gasteiger partial charge in [0.15, 0.2) is 0 Å². The van der Waals surface area contributed by atoms with Crippen molar-refractivity contribution in [1.29, 1.82) is 0 Å². The van der Waals surface area contributed by atoms with E-state index in [1.807, 2.05) is 25.4 Å². The second kappa shape index (κ2) is 5.88. The van der Waals surface area contributed by atoms with E-state index in [0.29, 0.717) is 6.54 Å². The van der Waals surface area contributed by atoms with Gasteiger partial charge in [0, 0.05) is 36.1 Å². The third-order valence-electron chi connectivity index (χ3n) is 3.70. The van der Waals surface area contributed by atoms with Crippen LogP contribution in [0.4, 0.5) is 5.69 Å². The Balaban J connectivity index is 2.34. The maximum absolute atomic E-state index is 11.0. The first-order chi connectivity index (χ1) is 9.54. The largest absolute Gasteiger partial charge is 0.346 e. The number of nitrogens with zero attached hydrogens (tertiary/aromatic N) is 2. The summed E-state index contributed by atoms with van der Waals surface area (Å²) in [5.41, 5.74) is 3.05. The summed E-state index contributed by atoms with van der Waals surface area (Å²) in [4.78, 5) is 10.7. The predicted octanol–water partition coefficient (Wildman–Crippen LogP) is 3.03. The fourth-order valence-corrected chi connectivity index (χ4v) is 2.33. The van der Waals surface area contributed by atoms with Crippen LogP contribution in [0.2, 0.25) is 0 Å². The van der Waals surface area contributed by atoms with E-state index in [4.69, 9.17) is 0 Å². The highest BCUT2D eigenvalue weighted by atomic mass is 16.6. The molecule has 0 saturated heterocycles. The molecule has 5 nitrogen and oxygen atoms in total. The second-order valence-corrected chi connectivity index (χ2v) is 4.89. The molecule has 0 aliphatic rings.